The smallest absolute Gasteiger partial charge is 0.262 e. The average molecular weight is 485 g/mol. The first-order chi connectivity index (χ1) is 14.0. The van der Waals surface area contributed by atoms with Crippen molar-refractivity contribution in [2.24, 2.45) is 0 Å². The average Bonchev–Trinajstić information content (AvgIpc) is 3.30. The van der Waals surface area contributed by atoms with E-state index >= 15 is 0 Å². The molecule has 5 nitrogen and oxygen atoms in total. The van der Waals surface area contributed by atoms with Gasteiger partial charge in [0.25, 0.3) is 5.91 Å². The summed E-state index contributed by atoms with van der Waals surface area (Å²) in [6, 6.07) is 8.75. The van der Waals surface area contributed by atoms with Crippen LogP contribution in [0.15, 0.2) is 42.7 Å². The van der Waals surface area contributed by atoms with Gasteiger partial charge in [0, 0.05) is 12.4 Å². The van der Waals surface area contributed by atoms with E-state index in [4.69, 9.17) is 39.5 Å². The van der Waals surface area contributed by atoms with Crippen molar-refractivity contribution in [1.82, 2.24) is 9.97 Å². The third-order valence-electron chi connectivity index (χ3n) is 4.09. The van der Waals surface area contributed by atoms with E-state index in [0.717, 1.165) is 21.6 Å². The van der Waals surface area contributed by atoms with E-state index in [0.29, 0.717) is 35.7 Å². The zero-order valence-corrected chi connectivity index (χ0v) is 18.8. The molecule has 29 heavy (non-hydrogen) atoms. The van der Waals surface area contributed by atoms with Gasteiger partial charge >= 0.3 is 0 Å². The van der Waals surface area contributed by atoms with Gasteiger partial charge in [-0.2, -0.15) is 0 Å². The number of thiazole rings is 1. The van der Waals surface area contributed by atoms with Gasteiger partial charge in [0.15, 0.2) is 5.13 Å². The van der Waals surface area contributed by atoms with E-state index in [1.54, 1.807) is 42.6 Å². The Morgan fingerprint density at radius 1 is 1.21 bits per heavy atom. The van der Waals surface area contributed by atoms with Crippen molar-refractivity contribution in [1.29, 1.82) is 0 Å². The molecule has 0 fully saturated rings. The Hall–Kier alpha value is -1.90. The van der Waals surface area contributed by atoms with Gasteiger partial charge in [0.05, 0.1) is 33.3 Å². The van der Waals surface area contributed by atoms with Crippen molar-refractivity contribution in [3.63, 3.8) is 0 Å². The minimum atomic E-state index is -0.309. The highest BCUT2D eigenvalue weighted by molar-refractivity contribution is 7.23. The second-order valence-corrected chi connectivity index (χ2v) is 9.58. The van der Waals surface area contributed by atoms with Crippen LogP contribution in [0.1, 0.15) is 15.9 Å². The summed E-state index contributed by atoms with van der Waals surface area (Å²) < 4.78 is 6.90. The van der Waals surface area contributed by atoms with Gasteiger partial charge in [-0.1, -0.05) is 52.2 Å². The van der Waals surface area contributed by atoms with Crippen LogP contribution in [0.4, 0.5) is 5.13 Å². The van der Waals surface area contributed by atoms with Crippen molar-refractivity contribution >= 4 is 78.7 Å². The molecule has 148 valence electrons. The molecule has 3 heterocycles. The van der Waals surface area contributed by atoms with Crippen LogP contribution in [-0.2, 0) is 6.54 Å². The lowest BCUT2D eigenvalue weighted by Gasteiger charge is -2.19. The molecule has 0 atom stereocenters. The van der Waals surface area contributed by atoms with E-state index in [1.807, 2.05) is 12.1 Å². The summed E-state index contributed by atoms with van der Waals surface area (Å²) in [5, 5.41) is 1.01. The molecule has 4 rings (SSSR count). The molecule has 0 aliphatic carbocycles. The largest absolute Gasteiger partial charge is 0.494 e. The van der Waals surface area contributed by atoms with Crippen LogP contribution in [0.25, 0.3) is 10.2 Å². The van der Waals surface area contributed by atoms with Crippen LogP contribution >= 0.6 is 57.5 Å². The van der Waals surface area contributed by atoms with E-state index in [9.17, 15) is 4.79 Å². The maximum atomic E-state index is 13.4. The minimum Gasteiger partial charge on any atom is -0.494 e. The summed E-state index contributed by atoms with van der Waals surface area (Å²) in [6.07, 6.45) is 3.37. The molecule has 1 amide bonds. The Kier molecular flexibility index (Phi) is 5.94. The number of carbonyl (C=O) groups excluding carboxylic acids is 1. The van der Waals surface area contributed by atoms with E-state index in [-0.39, 0.29) is 12.5 Å². The van der Waals surface area contributed by atoms with E-state index in [1.165, 1.54) is 11.3 Å². The number of fused-ring (bicyclic) bond motifs is 1. The molecule has 4 aromatic rings. The van der Waals surface area contributed by atoms with Gasteiger partial charge in [-0.3, -0.25) is 14.7 Å². The zero-order chi connectivity index (χ0) is 20.5. The summed E-state index contributed by atoms with van der Waals surface area (Å²) in [5.74, 6) is 0.272. The maximum absolute atomic E-state index is 13.4. The number of carbonyl (C=O) groups is 1. The van der Waals surface area contributed by atoms with Crippen molar-refractivity contribution < 1.29 is 9.53 Å². The summed E-state index contributed by atoms with van der Waals surface area (Å²) in [6.45, 7) is 0.260. The fourth-order valence-electron chi connectivity index (χ4n) is 2.75. The Morgan fingerprint density at radius 3 is 2.69 bits per heavy atom. The Morgan fingerprint density at radius 2 is 2.03 bits per heavy atom. The molecule has 0 unspecified atom stereocenters. The number of ether oxygens (including phenoxy) is 1. The molecular formula is C19H12Cl3N3O2S2. The van der Waals surface area contributed by atoms with E-state index < -0.39 is 0 Å². The lowest BCUT2D eigenvalue weighted by Crippen LogP contribution is -2.30. The fourth-order valence-corrected chi connectivity index (χ4v) is 5.46. The molecule has 1 aromatic carbocycles. The molecule has 0 bridgehead atoms. The van der Waals surface area contributed by atoms with Crippen LogP contribution in [0.2, 0.25) is 13.7 Å². The molecule has 0 saturated carbocycles. The highest BCUT2D eigenvalue weighted by Gasteiger charge is 2.26. The summed E-state index contributed by atoms with van der Waals surface area (Å²) >= 11 is 21.1. The second-order valence-electron chi connectivity index (χ2n) is 5.91. The molecular weight excluding hydrogens is 473 g/mol. The van der Waals surface area contributed by atoms with Gasteiger partial charge in [0.1, 0.15) is 15.6 Å². The predicted molar refractivity (Wildman–Crippen MR) is 120 cm³/mol. The second kappa shape index (κ2) is 8.45. The summed E-state index contributed by atoms with van der Waals surface area (Å²) in [4.78, 5) is 23.7. The molecule has 0 N–H and O–H groups in total. The van der Waals surface area contributed by atoms with Gasteiger partial charge in [-0.15, -0.1) is 11.3 Å². The van der Waals surface area contributed by atoms with Crippen LogP contribution < -0.4 is 9.64 Å². The molecule has 0 aliphatic heterocycles. The lowest BCUT2D eigenvalue weighted by molar-refractivity contribution is 0.0985. The van der Waals surface area contributed by atoms with Gasteiger partial charge in [0.2, 0.25) is 0 Å². The number of methoxy groups -OCH3 is 1. The molecule has 0 spiro atoms. The van der Waals surface area contributed by atoms with Crippen molar-refractivity contribution in [2.45, 2.75) is 6.54 Å². The fraction of sp³-hybridized carbons (Fsp3) is 0.105. The normalized spacial score (nSPS) is 11.0. The number of nitrogens with zero attached hydrogens (tertiary/aromatic N) is 3. The number of amides is 1. The van der Waals surface area contributed by atoms with Crippen molar-refractivity contribution in [3.05, 3.63) is 67.5 Å². The third kappa shape index (κ3) is 4.06. The maximum Gasteiger partial charge on any atom is 0.262 e. The Bertz CT molecular complexity index is 1190. The standard InChI is InChI=1S/C19H12Cl3N3O2S2/c1-27-13-5-4-12(20)16-15(13)24-19(29-16)25(9-10-3-2-6-23-8-10)18(26)11-7-14(21)28-17(11)22/h2-8H,9H2,1H3. The monoisotopic (exact) mass is 483 g/mol. The highest BCUT2D eigenvalue weighted by atomic mass is 35.5. The third-order valence-corrected chi connectivity index (χ3v) is 7.12. The number of halogens is 3. The highest BCUT2D eigenvalue weighted by Crippen LogP contribution is 2.40. The van der Waals surface area contributed by atoms with Gasteiger partial charge in [-0.25, -0.2) is 4.98 Å². The van der Waals surface area contributed by atoms with Crippen molar-refractivity contribution in [3.8, 4) is 5.75 Å². The first kappa shape index (κ1) is 20.4. The number of anilines is 1. The molecule has 0 saturated heterocycles. The number of hydrogen-bond donors (Lipinski definition) is 0. The lowest BCUT2D eigenvalue weighted by atomic mass is 10.2. The molecule has 0 aliphatic rings. The summed E-state index contributed by atoms with van der Waals surface area (Å²) in [5.41, 5.74) is 1.76. The molecule has 3 aromatic heterocycles. The minimum absolute atomic E-state index is 0.260. The molecule has 0 radical (unpaired) electrons. The van der Waals surface area contributed by atoms with Crippen LogP contribution in [0, 0.1) is 0 Å². The van der Waals surface area contributed by atoms with Gasteiger partial charge in [-0.05, 0) is 29.8 Å². The van der Waals surface area contributed by atoms with Crippen LogP contribution in [-0.4, -0.2) is 23.0 Å². The van der Waals surface area contributed by atoms with Crippen molar-refractivity contribution in [2.75, 3.05) is 12.0 Å². The predicted octanol–water partition coefficient (Wildman–Crippen LogP) is 6.57. The number of benzene rings is 1. The number of pyridine rings is 1. The Balaban J connectivity index is 1.84. The summed E-state index contributed by atoms with van der Waals surface area (Å²) in [7, 11) is 1.56. The Labute approximate surface area is 189 Å². The number of hydrogen-bond acceptors (Lipinski definition) is 6. The quantitative estimate of drug-likeness (QED) is 0.321. The number of rotatable bonds is 5. The first-order valence-electron chi connectivity index (χ1n) is 8.26. The topological polar surface area (TPSA) is 55.3 Å². The number of aromatic nitrogens is 2. The van der Waals surface area contributed by atoms with Crippen LogP contribution in [0.3, 0.4) is 0 Å². The number of thiophene rings is 1. The van der Waals surface area contributed by atoms with Crippen LogP contribution in [0.5, 0.6) is 5.75 Å². The van der Waals surface area contributed by atoms with E-state index in [2.05, 4.69) is 9.97 Å². The zero-order valence-electron chi connectivity index (χ0n) is 14.9. The van der Waals surface area contributed by atoms with Gasteiger partial charge < -0.3 is 4.74 Å². The first-order valence-corrected chi connectivity index (χ1v) is 11.0. The molecule has 10 heteroatoms. The SMILES string of the molecule is COc1ccc(Cl)c2sc(N(Cc3cccnc3)C(=O)c3cc(Cl)sc3Cl)nc12.